The first kappa shape index (κ1) is 15.8. The Balaban J connectivity index is 2.36. The smallest absolute Gasteiger partial charge is 0.265 e. The van der Waals surface area contributed by atoms with Crippen LogP contribution in [0.3, 0.4) is 0 Å². The van der Waals surface area contributed by atoms with Crippen LogP contribution in [0, 0.1) is 12.7 Å². The maximum Gasteiger partial charge on any atom is 0.265 e. The predicted octanol–water partition coefficient (Wildman–Crippen LogP) is 2.90. The van der Waals surface area contributed by atoms with Crippen molar-refractivity contribution >= 4 is 27.3 Å². The van der Waals surface area contributed by atoms with E-state index in [1.165, 1.54) is 12.1 Å². The van der Waals surface area contributed by atoms with Crippen molar-refractivity contribution < 1.29 is 17.2 Å². The number of nitrogens with one attached hydrogen (secondary N) is 2. The fourth-order valence-corrected chi connectivity index (χ4v) is 3.32. The number of hydrogen-bond acceptors (Lipinski definition) is 4. The Morgan fingerprint density at radius 3 is 2.71 bits per heavy atom. The summed E-state index contributed by atoms with van der Waals surface area (Å²) in [5.41, 5.74) is -0.0209. The summed E-state index contributed by atoms with van der Waals surface area (Å²) in [4.78, 5) is -0.00641. The molecule has 2 N–H and O–H groups in total. The fraction of sp³-hybridized carbons (Fsp3) is 0.231. The first-order valence-electron chi connectivity index (χ1n) is 6.05. The molecule has 0 saturated heterocycles. The quantitative estimate of drug-likeness (QED) is 0.883. The van der Waals surface area contributed by atoms with E-state index in [1.54, 1.807) is 14.0 Å². The number of rotatable bonds is 5. The van der Waals surface area contributed by atoms with Crippen LogP contribution in [0.25, 0.3) is 0 Å². The zero-order chi connectivity index (χ0) is 15.6. The summed E-state index contributed by atoms with van der Waals surface area (Å²) in [6, 6.07) is 4.86. The van der Waals surface area contributed by atoms with Crippen LogP contribution in [0.5, 0.6) is 0 Å². The Hall–Kier alpha value is -1.57. The van der Waals surface area contributed by atoms with E-state index < -0.39 is 15.8 Å². The average molecular weight is 333 g/mol. The molecule has 1 aromatic carbocycles. The van der Waals surface area contributed by atoms with Gasteiger partial charge in [-0.15, -0.1) is 0 Å². The third kappa shape index (κ3) is 3.55. The van der Waals surface area contributed by atoms with E-state index in [2.05, 4.69) is 10.0 Å². The molecule has 21 heavy (non-hydrogen) atoms. The summed E-state index contributed by atoms with van der Waals surface area (Å²) in [7, 11) is -2.18. The van der Waals surface area contributed by atoms with Gasteiger partial charge in [0, 0.05) is 6.07 Å². The molecular formula is C13H14ClFN2O3S. The Bertz CT molecular complexity index is 759. The van der Waals surface area contributed by atoms with Crippen LogP contribution in [0.15, 0.2) is 33.6 Å². The Labute approximate surface area is 127 Å². The zero-order valence-electron chi connectivity index (χ0n) is 11.4. The molecule has 1 heterocycles. The molecule has 0 amide bonds. The Kier molecular flexibility index (Phi) is 4.55. The zero-order valence-corrected chi connectivity index (χ0v) is 13.0. The number of aryl methyl sites for hydroxylation is 1. The lowest BCUT2D eigenvalue weighted by atomic mass is 10.3. The molecule has 114 valence electrons. The van der Waals surface area contributed by atoms with Gasteiger partial charge in [-0.3, -0.25) is 4.72 Å². The molecule has 0 fully saturated rings. The number of benzene rings is 1. The number of furan rings is 1. The van der Waals surface area contributed by atoms with Crippen LogP contribution >= 0.6 is 11.6 Å². The molecule has 0 radical (unpaired) electrons. The minimum absolute atomic E-state index is 0.00641. The monoisotopic (exact) mass is 332 g/mol. The second-order valence-corrected chi connectivity index (χ2v) is 6.45. The van der Waals surface area contributed by atoms with Gasteiger partial charge < -0.3 is 9.73 Å². The van der Waals surface area contributed by atoms with Crippen molar-refractivity contribution in [3.63, 3.8) is 0 Å². The fourth-order valence-electron chi connectivity index (χ4n) is 1.83. The highest BCUT2D eigenvalue weighted by atomic mass is 35.5. The normalized spacial score (nSPS) is 11.6. The van der Waals surface area contributed by atoms with Crippen molar-refractivity contribution in [1.29, 1.82) is 0 Å². The number of sulfonamides is 1. The molecule has 2 aromatic rings. The average Bonchev–Trinajstić information content (AvgIpc) is 2.76. The van der Waals surface area contributed by atoms with Crippen molar-refractivity contribution in [3.05, 3.63) is 46.6 Å². The highest BCUT2D eigenvalue weighted by molar-refractivity contribution is 7.92. The number of anilines is 1. The molecule has 2 rings (SSSR count). The molecule has 0 unspecified atom stereocenters. The lowest BCUT2D eigenvalue weighted by molar-refractivity contribution is 0.466. The van der Waals surface area contributed by atoms with Crippen LogP contribution in [0.2, 0.25) is 5.02 Å². The first-order chi connectivity index (χ1) is 9.83. The highest BCUT2D eigenvalue weighted by Gasteiger charge is 2.22. The van der Waals surface area contributed by atoms with Gasteiger partial charge >= 0.3 is 0 Å². The minimum atomic E-state index is -3.90. The number of halogens is 2. The third-order valence-corrected chi connectivity index (χ3v) is 4.54. The van der Waals surface area contributed by atoms with Crippen molar-refractivity contribution in [3.8, 4) is 0 Å². The van der Waals surface area contributed by atoms with E-state index in [0.29, 0.717) is 12.3 Å². The van der Waals surface area contributed by atoms with E-state index in [1.807, 2.05) is 0 Å². The van der Waals surface area contributed by atoms with E-state index in [0.717, 1.165) is 12.1 Å². The van der Waals surface area contributed by atoms with E-state index in [-0.39, 0.29) is 21.4 Å². The minimum Gasteiger partial charge on any atom is -0.464 e. The molecule has 0 saturated carbocycles. The largest absolute Gasteiger partial charge is 0.464 e. The molecule has 0 spiro atoms. The topological polar surface area (TPSA) is 71.3 Å². The van der Waals surface area contributed by atoms with Crippen molar-refractivity contribution in [2.75, 3.05) is 11.8 Å². The van der Waals surface area contributed by atoms with Crippen molar-refractivity contribution in [1.82, 2.24) is 5.32 Å². The first-order valence-corrected chi connectivity index (χ1v) is 7.91. The summed E-state index contributed by atoms with van der Waals surface area (Å²) in [5.74, 6) is 0.151. The molecule has 5 nitrogen and oxygen atoms in total. The van der Waals surface area contributed by atoms with Crippen LogP contribution in [-0.4, -0.2) is 15.5 Å². The van der Waals surface area contributed by atoms with Crippen LogP contribution in [0.1, 0.15) is 11.5 Å². The second-order valence-electron chi connectivity index (χ2n) is 4.39. The molecule has 0 atom stereocenters. The third-order valence-electron chi connectivity index (χ3n) is 2.74. The van der Waals surface area contributed by atoms with E-state index in [9.17, 15) is 12.8 Å². The lowest BCUT2D eigenvalue weighted by Gasteiger charge is -2.08. The highest BCUT2D eigenvalue weighted by Crippen LogP contribution is 2.27. The molecule has 0 bridgehead atoms. The van der Waals surface area contributed by atoms with Crippen LogP contribution < -0.4 is 10.0 Å². The summed E-state index contributed by atoms with van der Waals surface area (Å²) < 4.78 is 45.5. The summed E-state index contributed by atoms with van der Waals surface area (Å²) in [5, 5.41) is 2.97. The van der Waals surface area contributed by atoms with Crippen LogP contribution in [-0.2, 0) is 16.6 Å². The van der Waals surface area contributed by atoms with Gasteiger partial charge in [-0.1, -0.05) is 11.6 Å². The van der Waals surface area contributed by atoms with Gasteiger partial charge in [0.2, 0.25) is 0 Å². The molecular weight excluding hydrogens is 319 g/mol. The van der Waals surface area contributed by atoms with E-state index in [4.69, 9.17) is 16.0 Å². The number of hydrogen-bond donors (Lipinski definition) is 2. The van der Waals surface area contributed by atoms with Crippen molar-refractivity contribution in [2.45, 2.75) is 18.4 Å². The van der Waals surface area contributed by atoms with Gasteiger partial charge in [0.15, 0.2) is 0 Å². The molecule has 8 heteroatoms. The standard InChI is InChI=1S/C13H14ClFN2O3S/c1-8-13(6-10(20-8)7-16-2)21(18,19)17-12-5-9(15)3-4-11(12)14/h3-6,16-17H,7H2,1-2H3. The second kappa shape index (κ2) is 6.05. The molecule has 1 aromatic heterocycles. The lowest BCUT2D eigenvalue weighted by Crippen LogP contribution is -2.13. The Morgan fingerprint density at radius 1 is 1.33 bits per heavy atom. The van der Waals surface area contributed by atoms with Gasteiger partial charge in [0.25, 0.3) is 10.0 Å². The van der Waals surface area contributed by atoms with Gasteiger partial charge in [0.1, 0.15) is 22.2 Å². The SMILES string of the molecule is CNCc1cc(S(=O)(=O)Nc2cc(F)ccc2Cl)c(C)o1. The maximum atomic E-state index is 13.2. The molecule has 0 aliphatic carbocycles. The van der Waals surface area contributed by atoms with Gasteiger partial charge in [0.05, 0.1) is 17.3 Å². The van der Waals surface area contributed by atoms with Gasteiger partial charge in [-0.05, 0) is 32.2 Å². The summed E-state index contributed by atoms with van der Waals surface area (Å²) in [6.07, 6.45) is 0. The van der Waals surface area contributed by atoms with Gasteiger partial charge in [-0.2, -0.15) is 0 Å². The summed E-state index contributed by atoms with van der Waals surface area (Å²) in [6.45, 7) is 1.94. The Morgan fingerprint density at radius 2 is 2.05 bits per heavy atom. The maximum absolute atomic E-state index is 13.2. The van der Waals surface area contributed by atoms with Crippen molar-refractivity contribution in [2.24, 2.45) is 0 Å². The van der Waals surface area contributed by atoms with Gasteiger partial charge in [-0.25, -0.2) is 12.8 Å². The predicted molar refractivity (Wildman–Crippen MR) is 78.4 cm³/mol. The molecule has 0 aliphatic heterocycles. The molecule has 0 aliphatic rings. The summed E-state index contributed by atoms with van der Waals surface area (Å²) >= 11 is 5.86. The van der Waals surface area contributed by atoms with E-state index >= 15 is 0 Å². The van der Waals surface area contributed by atoms with Crippen LogP contribution in [0.4, 0.5) is 10.1 Å².